The van der Waals surface area contributed by atoms with Gasteiger partial charge in [-0.05, 0) is 23.2 Å². The van der Waals surface area contributed by atoms with Gasteiger partial charge in [-0.2, -0.15) is 26.4 Å². The van der Waals surface area contributed by atoms with E-state index in [1.807, 2.05) is 6.07 Å². The van der Waals surface area contributed by atoms with Crippen LogP contribution < -0.4 is 0 Å². The normalized spacial score (nSPS) is 13.4. The molecule has 0 saturated carbocycles. The predicted molar refractivity (Wildman–Crippen MR) is 73.1 cm³/mol. The van der Waals surface area contributed by atoms with Gasteiger partial charge in [-0.15, -0.1) is 0 Å². The molecular weight excluding hydrogens is 310 g/mol. The van der Waals surface area contributed by atoms with Crippen LogP contribution in [0.2, 0.25) is 0 Å². The van der Waals surface area contributed by atoms with Crippen molar-refractivity contribution in [2.24, 2.45) is 0 Å². The van der Waals surface area contributed by atoms with E-state index in [4.69, 9.17) is 16.3 Å². The fourth-order valence-corrected chi connectivity index (χ4v) is 2.09. The lowest BCUT2D eigenvalue weighted by molar-refractivity contribution is 0.0551. The summed E-state index contributed by atoms with van der Waals surface area (Å²) in [5.41, 5.74) is 1.37. The van der Waals surface area contributed by atoms with Crippen LogP contribution in [0.4, 0.5) is 8.78 Å². The van der Waals surface area contributed by atoms with Crippen LogP contribution in [0.3, 0.4) is 0 Å². The Balaban J connectivity index is 2.34. The summed E-state index contributed by atoms with van der Waals surface area (Å²) in [4.78, 5) is 3.58. The molecule has 2 aromatic rings. The topological polar surface area (TPSA) is 48.2 Å². The zero-order valence-electron chi connectivity index (χ0n) is 10.4. The van der Waals surface area contributed by atoms with Gasteiger partial charge in [0.1, 0.15) is 0 Å². The van der Waals surface area contributed by atoms with Crippen LogP contribution in [-0.4, -0.2) is 23.0 Å². The number of hydrogen-bond donors (Lipinski definition) is 1. The fourth-order valence-electron chi connectivity index (χ4n) is 1.65. The molecule has 1 aromatic heterocycles. The van der Waals surface area contributed by atoms with Gasteiger partial charge in [0, 0.05) is 18.4 Å². The van der Waals surface area contributed by atoms with Gasteiger partial charge in [-0.25, -0.2) is 0 Å². The van der Waals surface area contributed by atoms with Gasteiger partial charge in [0.25, 0.3) is 0 Å². The van der Waals surface area contributed by atoms with Crippen molar-refractivity contribution in [3.05, 3.63) is 35.7 Å². The summed E-state index contributed by atoms with van der Waals surface area (Å²) >= 11 is 9.01. The smallest absolute Gasteiger partial charge is 0.376 e. The Morgan fingerprint density at radius 2 is 2.25 bits per heavy atom. The summed E-state index contributed by atoms with van der Waals surface area (Å²) in [7, 11) is 1.56. The SMILES string of the molecule is COC(CS)c1cccc(-c2noc(C(F)(F)Cl)n2)c1. The number of rotatable bonds is 5. The molecule has 0 aliphatic heterocycles. The molecule has 0 saturated heterocycles. The predicted octanol–water partition coefficient (Wildman–Crippen LogP) is 3.64. The molecule has 1 aromatic carbocycles. The Bertz CT molecular complexity index is 585. The summed E-state index contributed by atoms with van der Waals surface area (Å²) in [5, 5.41) is -0.183. The van der Waals surface area contributed by atoms with E-state index in [1.54, 1.807) is 25.3 Å². The molecule has 0 radical (unpaired) electrons. The number of benzene rings is 1. The summed E-state index contributed by atoms with van der Waals surface area (Å²) in [6.07, 6.45) is -0.209. The largest absolute Gasteiger partial charge is 0.400 e. The van der Waals surface area contributed by atoms with E-state index in [9.17, 15) is 8.78 Å². The van der Waals surface area contributed by atoms with Crippen molar-refractivity contribution < 1.29 is 18.0 Å². The van der Waals surface area contributed by atoms with Crippen LogP contribution in [0.1, 0.15) is 17.6 Å². The zero-order chi connectivity index (χ0) is 14.8. The van der Waals surface area contributed by atoms with E-state index in [0.717, 1.165) is 5.56 Å². The molecule has 2 rings (SSSR count). The Morgan fingerprint density at radius 3 is 2.80 bits per heavy atom. The first-order chi connectivity index (χ1) is 9.45. The van der Waals surface area contributed by atoms with Crippen molar-refractivity contribution in [1.82, 2.24) is 10.1 Å². The molecule has 0 aliphatic carbocycles. The van der Waals surface area contributed by atoms with E-state index < -0.39 is 11.3 Å². The van der Waals surface area contributed by atoms with Crippen LogP contribution in [0.25, 0.3) is 11.4 Å². The molecule has 1 heterocycles. The number of aromatic nitrogens is 2. The Kier molecular flexibility index (Phi) is 4.62. The highest BCUT2D eigenvalue weighted by Gasteiger charge is 2.35. The first kappa shape index (κ1) is 15.2. The minimum atomic E-state index is -3.68. The Morgan fingerprint density at radius 1 is 1.50 bits per heavy atom. The van der Waals surface area contributed by atoms with Crippen molar-refractivity contribution in [3.63, 3.8) is 0 Å². The molecule has 0 fully saturated rings. The van der Waals surface area contributed by atoms with Gasteiger partial charge in [0.2, 0.25) is 5.82 Å². The van der Waals surface area contributed by atoms with Gasteiger partial charge in [0.15, 0.2) is 0 Å². The highest BCUT2D eigenvalue weighted by Crippen LogP contribution is 2.32. The molecule has 0 aliphatic rings. The maximum absolute atomic E-state index is 12.8. The van der Waals surface area contributed by atoms with Crippen molar-refractivity contribution in [3.8, 4) is 11.4 Å². The maximum Gasteiger partial charge on any atom is 0.400 e. The van der Waals surface area contributed by atoms with Crippen molar-refractivity contribution >= 4 is 24.2 Å². The number of alkyl halides is 3. The standard InChI is InChI=1S/C12H11ClF2N2O2S/c1-18-9(6-20)7-3-2-4-8(5-7)10-16-11(19-17-10)12(13,14)15/h2-5,9,20H,6H2,1H3. The maximum atomic E-state index is 12.8. The number of thiol groups is 1. The number of methoxy groups -OCH3 is 1. The molecule has 20 heavy (non-hydrogen) atoms. The average Bonchev–Trinajstić information content (AvgIpc) is 2.90. The van der Waals surface area contributed by atoms with E-state index >= 15 is 0 Å². The highest BCUT2D eigenvalue weighted by molar-refractivity contribution is 7.80. The summed E-state index contributed by atoms with van der Waals surface area (Å²) in [6.45, 7) is 0. The Hall–Kier alpha value is -1.18. The number of hydrogen-bond acceptors (Lipinski definition) is 5. The monoisotopic (exact) mass is 320 g/mol. The third kappa shape index (κ3) is 3.28. The molecule has 0 bridgehead atoms. The second-order valence-corrected chi connectivity index (χ2v) is 4.79. The molecular formula is C12H11ClF2N2O2S. The quantitative estimate of drug-likeness (QED) is 0.675. The summed E-state index contributed by atoms with van der Waals surface area (Å²) in [5.74, 6) is -0.412. The van der Waals surface area contributed by atoms with Crippen LogP contribution in [-0.2, 0) is 10.1 Å². The molecule has 0 spiro atoms. The molecule has 108 valence electrons. The Labute approximate surface area is 124 Å². The lowest BCUT2D eigenvalue weighted by Gasteiger charge is -2.13. The molecule has 4 nitrogen and oxygen atoms in total. The van der Waals surface area contributed by atoms with E-state index in [0.29, 0.717) is 11.3 Å². The van der Waals surface area contributed by atoms with E-state index in [2.05, 4.69) is 27.3 Å². The number of ether oxygens (including phenoxy) is 1. The van der Waals surface area contributed by atoms with Gasteiger partial charge in [-0.3, -0.25) is 0 Å². The van der Waals surface area contributed by atoms with Gasteiger partial charge in [0.05, 0.1) is 6.10 Å². The van der Waals surface area contributed by atoms with Crippen LogP contribution in [0.5, 0.6) is 0 Å². The second kappa shape index (κ2) is 6.07. The third-order valence-corrected chi connectivity index (χ3v) is 3.13. The lowest BCUT2D eigenvalue weighted by Crippen LogP contribution is -2.04. The van der Waals surface area contributed by atoms with Gasteiger partial charge in [-0.1, -0.05) is 23.4 Å². The molecule has 8 heteroatoms. The number of nitrogens with zero attached hydrogens (tertiary/aromatic N) is 2. The average molecular weight is 321 g/mol. The highest BCUT2D eigenvalue weighted by atomic mass is 35.5. The fraction of sp³-hybridized carbons (Fsp3) is 0.333. The first-order valence-corrected chi connectivity index (χ1v) is 6.61. The minimum absolute atomic E-state index is 0.0381. The zero-order valence-corrected chi connectivity index (χ0v) is 12.0. The second-order valence-electron chi connectivity index (χ2n) is 3.95. The lowest BCUT2D eigenvalue weighted by atomic mass is 10.1. The molecule has 0 N–H and O–H groups in total. The molecule has 1 atom stereocenters. The van der Waals surface area contributed by atoms with E-state index in [-0.39, 0.29) is 11.9 Å². The van der Waals surface area contributed by atoms with Crippen molar-refractivity contribution in [1.29, 1.82) is 0 Å². The summed E-state index contributed by atoms with van der Waals surface area (Å²) in [6, 6.07) is 6.99. The van der Waals surface area contributed by atoms with Crippen LogP contribution in [0.15, 0.2) is 28.8 Å². The molecule has 0 amide bonds. The summed E-state index contributed by atoms with van der Waals surface area (Å²) < 4.78 is 35.4. The first-order valence-electron chi connectivity index (χ1n) is 5.60. The van der Waals surface area contributed by atoms with Crippen molar-refractivity contribution in [2.45, 2.75) is 11.5 Å². The molecule has 1 unspecified atom stereocenters. The number of halogens is 3. The van der Waals surface area contributed by atoms with Gasteiger partial charge < -0.3 is 9.26 Å². The third-order valence-electron chi connectivity index (χ3n) is 2.64. The van der Waals surface area contributed by atoms with Crippen LogP contribution >= 0.6 is 24.2 Å². The van der Waals surface area contributed by atoms with Crippen LogP contribution in [0, 0.1) is 0 Å². The minimum Gasteiger partial charge on any atom is -0.376 e. The van der Waals surface area contributed by atoms with E-state index in [1.165, 1.54) is 0 Å². The van der Waals surface area contributed by atoms with Crippen molar-refractivity contribution in [2.75, 3.05) is 12.9 Å². The van der Waals surface area contributed by atoms with Gasteiger partial charge >= 0.3 is 11.3 Å².